The summed E-state index contributed by atoms with van der Waals surface area (Å²) in [7, 11) is 1.92. The third-order valence-corrected chi connectivity index (χ3v) is 4.28. The molecule has 2 aromatic rings. The van der Waals surface area contributed by atoms with E-state index in [1.807, 2.05) is 31.3 Å². The minimum Gasteiger partial charge on any atom is -0.309 e. The van der Waals surface area contributed by atoms with Crippen LogP contribution in [0.15, 0.2) is 40.9 Å². The van der Waals surface area contributed by atoms with Gasteiger partial charge >= 0.3 is 0 Å². The van der Waals surface area contributed by atoms with E-state index < -0.39 is 0 Å². The molecule has 0 aliphatic heterocycles. The molecule has 1 atom stereocenters. The third-order valence-electron chi connectivity index (χ3n) is 3.42. The molecule has 19 heavy (non-hydrogen) atoms. The van der Waals surface area contributed by atoms with Crippen LogP contribution in [0.5, 0.6) is 0 Å². The predicted octanol–water partition coefficient (Wildman–Crippen LogP) is 4.51. The van der Waals surface area contributed by atoms with Gasteiger partial charge in [0.2, 0.25) is 0 Å². The minimum absolute atomic E-state index is 0.0665. The van der Waals surface area contributed by atoms with Crippen molar-refractivity contribution in [3.05, 3.63) is 68.9 Å². The fraction of sp³-hybridized carbons (Fsp3) is 0.250. The zero-order chi connectivity index (χ0) is 14.0. The molecule has 0 amide bonds. The molecule has 0 saturated carbocycles. The smallest absolute Gasteiger partial charge is 0.126 e. The van der Waals surface area contributed by atoms with Crippen molar-refractivity contribution in [1.82, 2.24) is 5.32 Å². The SMILES string of the molecule is CNC(c1ccc(F)c(C)c1)c1cccc(Br)c1C. The molecular weight excluding hydrogens is 305 g/mol. The van der Waals surface area contributed by atoms with Gasteiger partial charge in [-0.25, -0.2) is 4.39 Å². The molecule has 0 spiro atoms. The molecule has 0 radical (unpaired) electrons. The van der Waals surface area contributed by atoms with Gasteiger partial charge in [-0.3, -0.25) is 0 Å². The molecule has 0 fully saturated rings. The Kier molecular flexibility index (Phi) is 4.38. The van der Waals surface area contributed by atoms with E-state index in [0.29, 0.717) is 5.56 Å². The summed E-state index contributed by atoms with van der Waals surface area (Å²) >= 11 is 3.55. The Morgan fingerprint density at radius 1 is 1.16 bits per heavy atom. The van der Waals surface area contributed by atoms with Crippen molar-refractivity contribution in [1.29, 1.82) is 0 Å². The zero-order valence-electron chi connectivity index (χ0n) is 11.3. The summed E-state index contributed by atoms with van der Waals surface area (Å²) in [5.74, 6) is -0.162. The first-order chi connectivity index (χ1) is 9.04. The van der Waals surface area contributed by atoms with E-state index in [4.69, 9.17) is 0 Å². The molecule has 0 aliphatic rings. The van der Waals surface area contributed by atoms with Crippen molar-refractivity contribution < 1.29 is 4.39 Å². The van der Waals surface area contributed by atoms with E-state index >= 15 is 0 Å². The predicted molar refractivity (Wildman–Crippen MR) is 80.9 cm³/mol. The lowest BCUT2D eigenvalue weighted by Crippen LogP contribution is -2.19. The standard InChI is InChI=1S/C16H17BrFN/c1-10-9-12(7-8-15(10)18)16(19-3)13-5-4-6-14(17)11(13)2/h4-9,16,19H,1-3H3. The largest absolute Gasteiger partial charge is 0.309 e. The Hall–Kier alpha value is -1.19. The van der Waals surface area contributed by atoms with Crippen molar-refractivity contribution >= 4 is 15.9 Å². The summed E-state index contributed by atoms with van der Waals surface area (Å²) in [5, 5.41) is 3.31. The average Bonchev–Trinajstić information content (AvgIpc) is 2.39. The Morgan fingerprint density at radius 3 is 2.53 bits per heavy atom. The molecule has 0 saturated heterocycles. The van der Waals surface area contributed by atoms with E-state index in [1.54, 1.807) is 6.92 Å². The highest BCUT2D eigenvalue weighted by molar-refractivity contribution is 9.10. The lowest BCUT2D eigenvalue weighted by atomic mass is 9.94. The molecule has 0 bridgehead atoms. The maximum atomic E-state index is 13.4. The first kappa shape index (κ1) is 14.2. The van der Waals surface area contributed by atoms with Gasteiger partial charge in [0.05, 0.1) is 6.04 Å². The van der Waals surface area contributed by atoms with Crippen LogP contribution in [0.1, 0.15) is 28.3 Å². The van der Waals surface area contributed by atoms with Crippen LogP contribution in [0.4, 0.5) is 4.39 Å². The molecule has 2 aromatic carbocycles. The van der Waals surface area contributed by atoms with Crippen molar-refractivity contribution in [2.45, 2.75) is 19.9 Å². The second-order valence-electron chi connectivity index (χ2n) is 4.68. The Labute approximate surface area is 122 Å². The number of hydrogen-bond acceptors (Lipinski definition) is 1. The summed E-state index contributed by atoms with van der Waals surface area (Å²) in [5.41, 5.74) is 4.14. The topological polar surface area (TPSA) is 12.0 Å². The van der Waals surface area contributed by atoms with Crippen LogP contribution in [0.3, 0.4) is 0 Å². The maximum absolute atomic E-state index is 13.4. The summed E-state index contributed by atoms with van der Waals surface area (Å²) in [6.45, 7) is 3.87. The van der Waals surface area contributed by atoms with Gasteiger partial charge in [-0.15, -0.1) is 0 Å². The van der Waals surface area contributed by atoms with E-state index in [9.17, 15) is 4.39 Å². The van der Waals surface area contributed by atoms with Gasteiger partial charge in [0.1, 0.15) is 5.82 Å². The molecule has 2 rings (SSSR count). The van der Waals surface area contributed by atoms with Gasteiger partial charge < -0.3 is 5.32 Å². The van der Waals surface area contributed by atoms with Gasteiger partial charge in [-0.2, -0.15) is 0 Å². The normalized spacial score (nSPS) is 12.5. The van der Waals surface area contributed by atoms with Gasteiger partial charge in [-0.05, 0) is 55.3 Å². The molecule has 1 nitrogen and oxygen atoms in total. The van der Waals surface area contributed by atoms with Crippen molar-refractivity contribution in [2.24, 2.45) is 0 Å². The Morgan fingerprint density at radius 2 is 1.89 bits per heavy atom. The van der Waals surface area contributed by atoms with Crippen LogP contribution in [0.2, 0.25) is 0 Å². The van der Waals surface area contributed by atoms with E-state index in [1.165, 1.54) is 17.2 Å². The zero-order valence-corrected chi connectivity index (χ0v) is 12.9. The van der Waals surface area contributed by atoms with Crippen LogP contribution in [-0.4, -0.2) is 7.05 Å². The van der Waals surface area contributed by atoms with E-state index in [2.05, 4.69) is 34.2 Å². The van der Waals surface area contributed by atoms with Crippen LogP contribution in [0.25, 0.3) is 0 Å². The number of halogens is 2. The second kappa shape index (κ2) is 5.85. The lowest BCUT2D eigenvalue weighted by Gasteiger charge is -2.20. The van der Waals surface area contributed by atoms with Crippen LogP contribution < -0.4 is 5.32 Å². The van der Waals surface area contributed by atoms with Crippen LogP contribution >= 0.6 is 15.9 Å². The van der Waals surface area contributed by atoms with E-state index in [0.717, 1.165) is 10.0 Å². The minimum atomic E-state index is -0.162. The molecular formula is C16H17BrFN. The third kappa shape index (κ3) is 2.88. The maximum Gasteiger partial charge on any atom is 0.126 e. The summed E-state index contributed by atoms with van der Waals surface area (Å²) in [4.78, 5) is 0. The highest BCUT2D eigenvalue weighted by Crippen LogP contribution is 2.29. The van der Waals surface area contributed by atoms with Gasteiger partial charge in [0, 0.05) is 4.47 Å². The second-order valence-corrected chi connectivity index (χ2v) is 5.54. The summed E-state index contributed by atoms with van der Waals surface area (Å²) in [6.07, 6.45) is 0. The van der Waals surface area contributed by atoms with Crippen LogP contribution in [0, 0.1) is 19.7 Å². The fourth-order valence-corrected chi connectivity index (χ4v) is 2.67. The number of hydrogen-bond donors (Lipinski definition) is 1. The highest BCUT2D eigenvalue weighted by atomic mass is 79.9. The molecule has 3 heteroatoms. The first-order valence-electron chi connectivity index (χ1n) is 6.23. The molecule has 0 aromatic heterocycles. The monoisotopic (exact) mass is 321 g/mol. The highest BCUT2D eigenvalue weighted by Gasteiger charge is 2.16. The Balaban J connectivity index is 2.50. The van der Waals surface area contributed by atoms with Crippen molar-refractivity contribution in [2.75, 3.05) is 7.05 Å². The number of aryl methyl sites for hydroxylation is 1. The van der Waals surface area contributed by atoms with Crippen LogP contribution in [-0.2, 0) is 0 Å². The molecule has 0 aliphatic carbocycles. The molecule has 0 heterocycles. The molecule has 100 valence electrons. The number of nitrogens with one attached hydrogen (secondary N) is 1. The van der Waals surface area contributed by atoms with Crippen molar-refractivity contribution in [3.8, 4) is 0 Å². The number of benzene rings is 2. The van der Waals surface area contributed by atoms with Gasteiger partial charge in [0.25, 0.3) is 0 Å². The van der Waals surface area contributed by atoms with Gasteiger partial charge in [0.15, 0.2) is 0 Å². The number of rotatable bonds is 3. The molecule has 1 unspecified atom stereocenters. The molecule has 1 N–H and O–H groups in total. The fourth-order valence-electron chi connectivity index (χ4n) is 2.29. The van der Waals surface area contributed by atoms with Crippen molar-refractivity contribution in [3.63, 3.8) is 0 Å². The summed E-state index contributed by atoms with van der Waals surface area (Å²) in [6, 6.07) is 11.5. The first-order valence-corrected chi connectivity index (χ1v) is 7.02. The van der Waals surface area contributed by atoms with Gasteiger partial charge in [-0.1, -0.05) is 40.2 Å². The quantitative estimate of drug-likeness (QED) is 0.876. The average molecular weight is 322 g/mol. The van der Waals surface area contributed by atoms with E-state index in [-0.39, 0.29) is 11.9 Å². The Bertz CT molecular complexity index is 595. The lowest BCUT2D eigenvalue weighted by molar-refractivity contribution is 0.613. The summed E-state index contributed by atoms with van der Waals surface area (Å²) < 4.78 is 14.5.